The monoisotopic (exact) mass is 305 g/mol. The second-order valence-electron chi connectivity index (χ2n) is 6.57. The Bertz CT molecular complexity index is 582. The Hall–Kier alpha value is -1.53. The zero-order valence-electron chi connectivity index (χ0n) is 14.4. The Balaban J connectivity index is 2.47. The van der Waals surface area contributed by atoms with E-state index in [0.29, 0.717) is 5.56 Å². The molecule has 0 unspecified atom stereocenters. The first-order valence-electron chi connectivity index (χ1n) is 7.39. The van der Waals surface area contributed by atoms with Gasteiger partial charge in [-0.3, -0.25) is 0 Å². The minimum absolute atomic E-state index is 0.368. The first kappa shape index (κ1) is 16.8. The third kappa shape index (κ3) is 2.73. The second-order valence-corrected chi connectivity index (χ2v) is 6.57. The lowest BCUT2D eigenvalue weighted by molar-refractivity contribution is 0.00578. The van der Waals surface area contributed by atoms with Crippen molar-refractivity contribution in [3.8, 4) is 0 Å². The Morgan fingerprint density at radius 3 is 2.18 bits per heavy atom. The van der Waals surface area contributed by atoms with Gasteiger partial charge in [-0.05, 0) is 57.8 Å². The molecule has 1 aromatic carbocycles. The van der Waals surface area contributed by atoms with Crippen LogP contribution in [0.2, 0.25) is 0 Å². The van der Waals surface area contributed by atoms with Crippen LogP contribution >= 0.6 is 0 Å². The van der Waals surface area contributed by atoms with Crippen LogP contribution in [0, 0.1) is 6.92 Å². The van der Waals surface area contributed by atoms with E-state index in [-0.39, 0.29) is 5.97 Å². The largest absolute Gasteiger partial charge is 0.494 e. The summed E-state index contributed by atoms with van der Waals surface area (Å²) in [5.41, 5.74) is 2.16. The number of nitrogens with one attached hydrogen (secondary N) is 1. The number of hydrogen-bond donors (Lipinski definition) is 1. The molecular formula is C16H24BNO4. The van der Waals surface area contributed by atoms with Gasteiger partial charge in [0.2, 0.25) is 0 Å². The van der Waals surface area contributed by atoms with Crippen molar-refractivity contribution in [1.29, 1.82) is 0 Å². The van der Waals surface area contributed by atoms with Gasteiger partial charge in [-0.2, -0.15) is 0 Å². The van der Waals surface area contributed by atoms with Crippen molar-refractivity contribution in [2.45, 2.75) is 45.8 Å². The summed E-state index contributed by atoms with van der Waals surface area (Å²) < 4.78 is 17.0. The highest BCUT2D eigenvalue weighted by atomic mass is 16.7. The van der Waals surface area contributed by atoms with Gasteiger partial charge >= 0.3 is 13.1 Å². The average molecular weight is 305 g/mol. The van der Waals surface area contributed by atoms with Gasteiger partial charge in [0.05, 0.1) is 23.9 Å². The third-order valence-electron chi connectivity index (χ3n) is 4.63. The van der Waals surface area contributed by atoms with Crippen LogP contribution in [-0.2, 0) is 14.0 Å². The molecule has 0 saturated carbocycles. The molecule has 0 bridgehead atoms. The third-order valence-corrected chi connectivity index (χ3v) is 4.63. The van der Waals surface area contributed by atoms with Crippen molar-refractivity contribution < 1.29 is 18.8 Å². The number of carbonyl (C=O) groups excluding carboxylic acids is 1. The number of rotatable bonds is 3. The summed E-state index contributed by atoms with van der Waals surface area (Å²) >= 11 is 0. The maximum Gasteiger partial charge on any atom is 0.494 e. The van der Waals surface area contributed by atoms with E-state index in [4.69, 9.17) is 14.0 Å². The molecule has 1 saturated heterocycles. The molecule has 5 nitrogen and oxygen atoms in total. The molecule has 0 amide bonds. The molecule has 0 aromatic heterocycles. The maximum absolute atomic E-state index is 12.0. The zero-order valence-corrected chi connectivity index (χ0v) is 14.4. The molecule has 1 aliphatic heterocycles. The maximum atomic E-state index is 12.0. The minimum Gasteiger partial charge on any atom is -0.465 e. The summed E-state index contributed by atoms with van der Waals surface area (Å²) in [6.45, 7) is 9.89. The molecular weight excluding hydrogens is 281 g/mol. The fourth-order valence-corrected chi connectivity index (χ4v) is 2.43. The average Bonchev–Trinajstić information content (AvgIpc) is 2.67. The van der Waals surface area contributed by atoms with Crippen LogP contribution in [0.5, 0.6) is 0 Å². The predicted octanol–water partition coefficient (Wildman–Crippen LogP) is 2.12. The molecule has 120 valence electrons. The molecule has 1 heterocycles. The smallest absolute Gasteiger partial charge is 0.465 e. The summed E-state index contributed by atoms with van der Waals surface area (Å²) in [5.74, 6) is -0.368. The number of ether oxygens (including phenoxy) is 1. The van der Waals surface area contributed by atoms with Crippen molar-refractivity contribution in [2.24, 2.45) is 0 Å². The molecule has 2 rings (SSSR count). The molecule has 0 atom stereocenters. The first-order valence-corrected chi connectivity index (χ1v) is 7.39. The SMILES string of the molecule is CNc1cc(B2OC(C)(C)C(C)(C)O2)cc(C(=O)OC)c1C. The minimum atomic E-state index is -0.513. The fraction of sp³-hybridized carbons (Fsp3) is 0.562. The van der Waals surface area contributed by atoms with Crippen molar-refractivity contribution >= 4 is 24.2 Å². The number of benzene rings is 1. The number of hydrogen-bond acceptors (Lipinski definition) is 5. The Morgan fingerprint density at radius 1 is 1.18 bits per heavy atom. The fourth-order valence-electron chi connectivity index (χ4n) is 2.43. The van der Waals surface area contributed by atoms with Gasteiger partial charge in [0.15, 0.2) is 0 Å². The van der Waals surface area contributed by atoms with Gasteiger partial charge in [0.1, 0.15) is 0 Å². The van der Waals surface area contributed by atoms with Crippen molar-refractivity contribution in [1.82, 2.24) is 0 Å². The van der Waals surface area contributed by atoms with E-state index in [0.717, 1.165) is 16.7 Å². The Kier molecular flexibility index (Phi) is 4.28. The number of anilines is 1. The normalized spacial score (nSPS) is 19.1. The number of esters is 1. The van der Waals surface area contributed by atoms with E-state index in [1.807, 2.05) is 47.7 Å². The lowest BCUT2D eigenvalue weighted by Crippen LogP contribution is -2.41. The van der Waals surface area contributed by atoms with E-state index >= 15 is 0 Å². The number of methoxy groups -OCH3 is 1. The molecule has 1 fully saturated rings. The van der Waals surface area contributed by atoms with Crippen molar-refractivity contribution in [3.63, 3.8) is 0 Å². The highest BCUT2D eigenvalue weighted by Crippen LogP contribution is 2.36. The zero-order chi connectivity index (χ0) is 16.7. The van der Waals surface area contributed by atoms with Gasteiger partial charge in [-0.25, -0.2) is 4.79 Å². The molecule has 0 radical (unpaired) electrons. The van der Waals surface area contributed by atoms with Gasteiger partial charge in [-0.1, -0.05) is 0 Å². The molecule has 1 aliphatic rings. The first-order chi connectivity index (χ1) is 10.1. The van der Waals surface area contributed by atoms with Crippen LogP contribution in [0.1, 0.15) is 43.6 Å². The number of carbonyl (C=O) groups is 1. The van der Waals surface area contributed by atoms with Crippen LogP contribution in [-0.4, -0.2) is 38.4 Å². The summed E-state index contributed by atoms with van der Waals surface area (Å²) in [4.78, 5) is 12.0. The van der Waals surface area contributed by atoms with Crippen LogP contribution in [0.4, 0.5) is 5.69 Å². The standard InChI is InChI=1S/C16H24BNO4/c1-10-12(14(19)20-7)8-11(9-13(10)18-6)17-21-15(2,3)16(4,5)22-17/h8-9,18H,1-7H3. The summed E-state index contributed by atoms with van der Waals surface area (Å²) in [6, 6.07) is 3.73. The molecule has 0 aliphatic carbocycles. The lowest BCUT2D eigenvalue weighted by atomic mass is 9.77. The molecule has 1 aromatic rings. The quantitative estimate of drug-likeness (QED) is 0.685. The molecule has 22 heavy (non-hydrogen) atoms. The van der Waals surface area contributed by atoms with Gasteiger partial charge in [-0.15, -0.1) is 0 Å². The van der Waals surface area contributed by atoms with E-state index in [9.17, 15) is 4.79 Å². The van der Waals surface area contributed by atoms with Crippen LogP contribution in [0.25, 0.3) is 0 Å². The summed E-state index contributed by atoms with van der Waals surface area (Å²) in [6.07, 6.45) is 0. The highest BCUT2D eigenvalue weighted by Gasteiger charge is 2.51. The summed E-state index contributed by atoms with van der Waals surface area (Å²) in [5, 5.41) is 3.10. The van der Waals surface area contributed by atoms with Crippen molar-refractivity contribution in [2.75, 3.05) is 19.5 Å². The highest BCUT2D eigenvalue weighted by molar-refractivity contribution is 6.62. The van der Waals surface area contributed by atoms with Crippen LogP contribution in [0.3, 0.4) is 0 Å². The topological polar surface area (TPSA) is 56.8 Å². The molecule has 1 N–H and O–H groups in total. The second kappa shape index (κ2) is 5.59. The van der Waals surface area contributed by atoms with Crippen LogP contribution in [0.15, 0.2) is 12.1 Å². The summed E-state index contributed by atoms with van der Waals surface area (Å²) in [7, 11) is 2.68. The van der Waals surface area contributed by atoms with E-state index in [1.165, 1.54) is 7.11 Å². The van der Waals surface area contributed by atoms with Crippen LogP contribution < -0.4 is 10.8 Å². The van der Waals surface area contributed by atoms with Gasteiger partial charge in [0.25, 0.3) is 0 Å². The molecule has 6 heteroatoms. The van der Waals surface area contributed by atoms with Gasteiger partial charge < -0.3 is 19.4 Å². The van der Waals surface area contributed by atoms with Crippen molar-refractivity contribution in [3.05, 3.63) is 23.3 Å². The van der Waals surface area contributed by atoms with Gasteiger partial charge in [0, 0.05) is 12.7 Å². The van der Waals surface area contributed by atoms with E-state index in [1.54, 1.807) is 6.07 Å². The Labute approximate surface area is 132 Å². The lowest BCUT2D eigenvalue weighted by Gasteiger charge is -2.32. The van der Waals surface area contributed by atoms with E-state index in [2.05, 4.69) is 5.32 Å². The van der Waals surface area contributed by atoms with E-state index < -0.39 is 18.3 Å². The Morgan fingerprint density at radius 2 is 1.73 bits per heavy atom. The molecule has 0 spiro atoms. The predicted molar refractivity (Wildman–Crippen MR) is 87.8 cm³/mol.